The van der Waals surface area contributed by atoms with Crippen molar-refractivity contribution in [1.82, 2.24) is 0 Å². The number of ether oxygens (including phenoxy) is 1. The minimum Gasteiger partial charge on any atom is -0.496 e. The number of hydrogen-bond acceptors (Lipinski definition) is 3. The maximum atomic E-state index is 12.2. The summed E-state index contributed by atoms with van der Waals surface area (Å²) < 4.78 is 29.4. The van der Waals surface area contributed by atoms with Gasteiger partial charge in [-0.3, -0.25) is 0 Å². The van der Waals surface area contributed by atoms with Crippen LogP contribution in [0.25, 0.3) is 0 Å². The number of rotatable bonds is 4. The van der Waals surface area contributed by atoms with E-state index in [1.807, 2.05) is 6.92 Å². The van der Waals surface area contributed by atoms with Crippen LogP contribution in [0.4, 0.5) is 8.78 Å². The fourth-order valence-electron chi connectivity index (χ4n) is 1.16. The molecule has 0 amide bonds. The van der Waals surface area contributed by atoms with Crippen molar-refractivity contribution in [3.8, 4) is 5.75 Å². The minimum atomic E-state index is -2.44. The molecule has 15 heavy (non-hydrogen) atoms. The highest BCUT2D eigenvalue weighted by Crippen LogP contribution is 2.34. The van der Waals surface area contributed by atoms with Crippen molar-refractivity contribution in [2.75, 3.05) is 7.11 Å². The largest absolute Gasteiger partial charge is 0.496 e. The van der Waals surface area contributed by atoms with Crippen LogP contribution < -0.4 is 10.5 Å². The summed E-state index contributed by atoms with van der Waals surface area (Å²) >= 11 is 0.471. The van der Waals surface area contributed by atoms with Gasteiger partial charge >= 0.3 is 0 Å². The predicted molar refractivity (Wildman–Crippen MR) is 57.5 cm³/mol. The van der Waals surface area contributed by atoms with Crippen molar-refractivity contribution in [2.45, 2.75) is 23.6 Å². The van der Waals surface area contributed by atoms with Gasteiger partial charge in [-0.05, 0) is 24.6 Å². The first kappa shape index (κ1) is 12.3. The molecule has 1 unspecified atom stereocenters. The molecule has 1 aromatic rings. The number of alkyl halides is 2. The molecule has 0 aliphatic carbocycles. The molecule has 0 spiro atoms. The van der Waals surface area contributed by atoms with E-state index in [9.17, 15) is 8.78 Å². The molecule has 0 saturated carbocycles. The Morgan fingerprint density at radius 2 is 2.07 bits per heavy atom. The van der Waals surface area contributed by atoms with E-state index in [0.29, 0.717) is 22.4 Å². The molecule has 1 atom stereocenters. The van der Waals surface area contributed by atoms with Crippen molar-refractivity contribution in [2.24, 2.45) is 5.73 Å². The van der Waals surface area contributed by atoms with E-state index in [4.69, 9.17) is 10.5 Å². The molecule has 1 rings (SSSR count). The molecule has 0 fully saturated rings. The summed E-state index contributed by atoms with van der Waals surface area (Å²) in [5.74, 6) is -2.00. The van der Waals surface area contributed by atoms with Crippen LogP contribution in [0.3, 0.4) is 0 Å². The van der Waals surface area contributed by atoms with Gasteiger partial charge in [-0.15, -0.1) is 0 Å². The number of hydrogen-bond donors (Lipinski definition) is 1. The highest BCUT2D eigenvalue weighted by Gasteiger charge is 2.12. The Balaban J connectivity index is 2.98. The SMILES string of the molecule is COc1cc(C(C)N)ccc1SC(F)F. The zero-order valence-electron chi connectivity index (χ0n) is 8.54. The molecule has 0 heterocycles. The number of nitrogens with two attached hydrogens (primary N) is 1. The molecular formula is C10H13F2NOS. The summed E-state index contributed by atoms with van der Waals surface area (Å²) in [5.41, 5.74) is 6.54. The van der Waals surface area contributed by atoms with E-state index in [0.717, 1.165) is 5.56 Å². The first-order chi connectivity index (χ1) is 7.04. The van der Waals surface area contributed by atoms with Gasteiger partial charge in [0, 0.05) is 6.04 Å². The van der Waals surface area contributed by atoms with Crippen LogP contribution >= 0.6 is 11.8 Å². The summed E-state index contributed by atoms with van der Waals surface area (Å²) in [4.78, 5) is 0.428. The Morgan fingerprint density at radius 1 is 1.40 bits per heavy atom. The van der Waals surface area contributed by atoms with Crippen LogP contribution in [0.15, 0.2) is 23.1 Å². The van der Waals surface area contributed by atoms with Crippen molar-refractivity contribution in [3.05, 3.63) is 23.8 Å². The second-order valence-corrected chi connectivity index (χ2v) is 4.11. The molecular weight excluding hydrogens is 220 g/mol. The van der Waals surface area contributed by atoms with Crippen LogP contribution in [0.1, 0.15) is 18.5 Å². The van der Waals surface area contributed by atoms with Crippen LogP contribution in [0, 0.1) is 0 Å². The van der Waals surface area contributed by atoms with Crippen LogP contribution in [0.5, 0.6) is 5.75 Å². The average molecular weight is 233 g/mol. The van der Waals surface area contributed by atoms with Crippen molar-refractivity contribution >= 4 is 11.8 Å². The third-order valence-electron chi connectivity index (χ3n) is 1.93. The monoisotopic (exact) mass is 233 g/mol. The summed E-state index contributed by atoms with van der Waals surface area (Å²) in [6.07, 6.45) is 0. The first-order valence-electron chi connectivity index (χ1n) is 4.43. The molecule has 1 aromatic carbocycles. The third-order valence-corrected chi connectivity index (χ3v) is 2.70. The normalized spacial score (nSPS) is 12.9. The minimum absolute atomic E-state index is 0.135. The second kappa shape index (κ2) is 5.32. The Kier molecular flexibility index (Phi) is 4.35. The summed E-state index contributed by atoms with van der Waals surface area (Å²) in [6, 6.07) is 4.89. The van der Waals surface area contributed by atoms with Gasteiger partial charge in [0.2, 0.25) is 0 Å². The average Bonchev–Trinajstić information content (AvgIpc) is 2.17. The van der Waals surface area contributed by atoms with Gasteiger partial charge in [0.05, 0.1) is 12.0 Å². The standard InChI is InChI=1S/C10H13F2NOS/c1-6(13)7-3-4-9(15-10(11)12)8(5-7)14-2/h3-6,10H,13H2,1-2H3. The Morgan fingerprint density at radius 3 is 2.53 bits per heavy atom. The molecule has 0 bridgehead atoms. The molecule has 2 N–H and O–H groups in total. The number of benzene rings is 1. The Bertz CT molecular complexity index is 331. The van der Waals surface area contributed by atoms with Crippen LogP contribution in [-0.2, 0) is 0 Å². The Labute approximate surface area is 91.8 Å². The third kappa shape index (κ3) is 3.35. The fourth-order valence-corrected chi connectivity index (χ4v) is 1.76. The Hall–Kier alpha value is -0.810. The number of halogens is 2. The van der Waals surface area contributed by atoms with E-state index in [1.165, 1.54) is 7.11 Å². The van der Waals surface area contributed by atoms with E-state index in [-0.39, 0.29) is 6.04 Å². The summed E-state index contributed by atoms with van der Waals surface area (Å²) in [7, 11) is 1.45. The lowest BCUT2D eigenvalue weighted by Crippen LogP contribution is -2.05. The molecule has 0 aliphatic rings. The van der Waals surface area contributed by atoms with Crippen LogP contribution in [0.2, 0.25) is 0 Å². The predicted octanol–water partition coefficient (Wildman–Crippen LogP) is 3.03. The van der Waals surface area contributed by atoms with Gasteiger partial charge in [-0.25, -0.2) is 0 Å². The fraction of sp³-hybridized carbons (Fsp3) is 0.400. The lowest BCUT2D eigenvalue weighted by molar-refractivity contribution is 0.251. The van der Waals surface area contributed by atoms with Crippen LogP contribution in [-0.4, -0.2) is 12.9 Å². The molecule has 0 saturated heterocycles. The van der Waals surface area contributed by atoms with Crippen molar-refractivity contribution in [1.29, 1.82) is 0 Å². The zero-order chi connectivity index (χ0) is 11.4. The molecule has 84 valence electrons. The highest BCUT2D eigenvalue weighted by molar-refractivity contribution is 7.99. The highest BCUT2D eigenvalue weighted by atomic mass is 32.2. The van der Waals surface area contributed by atoms with Crippen molar-refractivity contribution in [3.63, 3.8) is 0 Å². The van der Waals surface area contributed by atoms with Crippen molar-refractivity contribution < 1.29 is 13.5 Å². The molecule has 0 radical (unpaired) electrons. The van der Waals surface area contributed by atoms with Gasteiger partial charge in [-0.2, -0.15) is 8.78 Å². The second-order valence-electron chi connectivity index (χ2n) is 3.08. The van der Waals surface area contributed by atoms with E-state index >= 15 is 0 Å². The number of thioether (sulfide) groups is 1. The maximum Gasteiger partial charge on any atom is 0.289 e. The zero-order valence-corrected chi connectivity index (χ0v) is 9.35. The van der Waals surface area contributed by atoms with Gasteiger partial charge in [0.25, 0.3) is 5.76 Å². The molecule has 0 aliphatic heterocycles. The summed E-state index contributed by atoms with van der Waals surface area (Å²) in [6.45, 7) is 1.83. The first-order valence-corrected chi connectivity index (χ1v) is 5.31. The molecule has 2 nitrogen and oxygen atoms in total. The topological polar surface area (TPSA) is 35.2 Å². The van der Waals surface area contributed by atoms with E-state index < -0.39 is 5.76 Å². The smallest absolute Gasteiger partial charge is 0.289 e. The van der Waals surface area contributed by atoms with Gasteiger partial charge < -0.3 is 10.5 Å². The van der Waals surface area contributed by atoms with E-state index in [1.54, 1.807) is 18.2 Å². The van der Waals surface area contributed by atoms with E-state index in [2.05, 4.69) is 0 Å². The lowest BCUT2D eigenvalue weighted by atomic mass is 10.1. The van der Waals surface area contributed by atoms with Gasteiger partial charge in [0.15, 0.2) is 0 Å². The van der Waals surface area contributed by atoms with Gasteiger partial charge in [-0.1, -0.05) is 17.8 Å². The summed E-state index contributed by atoms with van der Waals surface area (Å²) in [5, 5.41) is 0. The molecule has 0 aromatic heterocycles. The molecule has 5 heteroatoms. The quantitative estimate of drug-likeness (QED) is 0.812. The lowest BCUT2D eigenvalue weighted by Gasteiger charge is -2.11. The van der Waals surface area contributed by atoms with Gasteiger partial charge in [0.1, 0.15) is 5.75 Å². The maximum absolute atomic E-state index is 12.2. The number of methoxy groups -OCH3 is 1.